The van der Waals surface area contributed by atoms with E-state index < -0.39 is 0 Å². The third-order valence-corrected chi connectivity index (χ3v) is 4.86. The molecule has 8 heteroatoms. The summed E-state index contributed by atoms with van der Waals surface area (Å²) in [6.45, 7) is 2.48. The molecule has 0 atom stereocenters. The SMILES string of the molecule is CCOc1ccc(-c2cncc3cc(/C=C4/SC(=S)NC4=O)oc23)cn1. The fraction of sp³-hybridized carbons (Fsp3) is 0.111. The Hall–Kier alpha value is -2.71. The smallest absolute Gasteiger partial charge is 0.263 e. The molecule has 1 aliphatic rings. The van der Waals surface area contributed by atoms with Gasteiger partial charge in [-0.25, -0.2) is 4.98 Å². The number of carbonyl (C=O) groups is 1. The maximum atomic E-state index is 11.8. The van der Waals surface area contributed by atoms with E-state index in [-0.39, 0.29) is 5.91 Å². The number of thioether (sulfide) groups is 1. The molecule has 0 bridgehead atoms. The number of nitrogens with one attached hydrogen (secondary N) is 1. The molecule has 26 heavy (non-hydrogen) atoms. The number of ether oxygens (including phenoxy) is 1. The van der Waals surface area contributed by atoms with Crippen molar-refractivity contribution in [1.82, 2.24) is 15.3 Å². The minimum absolute atomic E-state index is 0.213. The van der Waals surface area contributed by atoms with Gasteiger partial charge in [0.2, 0.25) is 5.88 Å². The van der Waals surface area contributed by atoms with Gasteiger partial charge in [-0.15, -0.1) is 0 Å². The molecule has 0 spiro atoms. The lowest BCUT2D eigenvalue weighted by Gasteiger charge is -2.04. The fourth-order valence-electron chi connectivity index (χ4n) is 2.58. The number of pyridine rings is 2. The number of nitrogens with zero attached hydrogens (tertiary/aromatic N) is 2. The van der Waals surface area contributed by atoms with Crippen molar-refractivity contribution in [3.8, 4) is 17.0 Å². The Morgan fingerprint density at radius 1 is 1.35 bits per heavy atom. The van der Waals surface area contributed by atoms with Crippen LogP contribution in [-0.2, 0) is 4.79 Å². The molecular weight excluding hydrogens is 370 g/mol. The molecule has 1 N–H and O–H groups in total. The normalized spacial score (nSPS) is 15.7. The van der Waals surface area contributed by atoms with Crippen LogP contribution in [-0.4, -0.2) is 26.8 Å². The molecule has 6 nitrogen and oxygen atoms in total. The van der Waals surface area contributed by atoms with E-state index in [0.29, 0.717) is 33.1 Å². The first-order chi connectivity index (χ1) is 12.6. The fourth-order valence-corrected chi connectivity index (χ4v) is 3.61. The summed E-state index contributed by atoms with van der Waals surface area (Å²) in [7, 11) is 0. The summed E-state index contributed by atoms with van der Waals surface area (Å²) in [6, 6.07) is 5.56. The molecule has 0 radical (unpaired) electrons. The summed E-state index contributed by atoms with van der Waals surface area (Å²) in [5.41, 5.74) is 2.37. The Kier molecular flexibility index (Phi) is 4.44. The molecule has 1 amide bonds. The highest BCUT2D eigenvalue weighted by atomic mass is 32.2. The third kappa shape index (κ3) is 3.21. The van der Waals surface area contributed by atoms with Crippen LogP contribution in [0.3, 0.4) is 0 Å². The van der Waals surface area contributed by atoms with Crippen molar-refractivity contribution in [2.45, 2.75) is 6.92 Å². The van der Waals surface area contributed by atoms with Crippen LogP contribution in [0.2, 0.25) is 0 Å². The Labute approximate surface area is 158 Å². The topological polar surface area (TPSA) is 77.2 Å². The van der Waals surface area contributed by atoms with Crippen molar-refractivity contribution in [2.75, 3.05) is 6.61 Å². The van der Waals surface area contributed by atoms with E-state index in [1.807, 2.05) is 25.1 Å². The Morgan fingerprint density at radius 2 is 2.23 bits per heavy atom. The summed E-state index contributed by atoms with van der Waals surface area (Å²) in [6.07, 6.45) is 6.85. The first-order valence-corrected chi connectivity index (χ1v) is 9.08. The van der Waals surface area contributed by atoms with Gasteiger partial charge in [0.05, 0.1) is 11.5 Å². The van der Waals surface area contributed by atoms with Crippen LogP contribution in [0.15, 0.2) is 46.1 Å². The van der Waals surface area contributed by atoms with Crippen molar-refractivity contribution < 1.29 is 13.9 Å². The quantitative estimate of drug-likeness (QED) is 0.543. The number of thiocarbonyl (C=S) groups is 1. The van der Waals surface area contributed by atoms with Crippen molar-refractivity contribution in [3.05, 3.63) is 47.5 Å². The highest BCUT2D eigenvalue weighted by Gasteiger charge is 2.22. The van der Waals surface area contributed by atoms with E-state index in [2.05, 4.69) is 15.3 Å². The maximum Gasteiger partial charge on any atom is 0.263 e. The second-order valence-electron chi connectivity index (χ2n) is 5.42. The summed E-state index contributed by atoms with van der Waals surface area (Å²) < 4.78 is 11.8. The molecule has 3 aromatic rings. The molecule has 4 heterocycles. The van der Waals surface area contributed by atoms with E-state index in [9.17, 15) is 4.79 Å². The number of hydrogen-bond donors (Lipinski definition) is 1. The van der Waals surface area contributed by atoms with Crippen LogP contribution in [0.25, 0.3) is 28.2 Å². The average Bonchev–Trinajstić information content (AvgIpc) is 3.18. The minimum atomic E-state index is -0.213. The first kappa shape index (κ1) is 16.7. The van der Waals surface area contributed by atoms with Gasteiger partial charge in [-0.05, 0) is 19.1 Å². The molecule has 1 fully saturated rings. The van der Waals surface area contributed by atoms with E-state index >= 15 is 0 Å². The van der Waals surface area contributed by atoms with Gasteiger partial charge in [-0.3, -0.25) is 9.78 Å². The van der Waals surface area contributed by atoms with Crippen molar-refractivity contribution >= 4 is 51.3 Å². The molecule has 1 aliphatic heterocycles. The Bertz CT molecular complexity index is 1040. The highest BCUT2D eigenvalue weighted by molar-refractivity contribution is 8.26. The largest absolute Gasteiger partial charge is 0.478 e. The molecule has 0 aliphatic carbocycles. The molecular formula is C18H13N3O3S2. The second kappa shape index (κ2) is 6.89. The predicted molar refractivity (Wildman–Crippen MR) is 105 cm³/mol. The molecule has 0 saturated carbocycles. The molecule has 4 rings (SSSR count). The standard InChI is InChI=1S/C18H13N3O3S2/c1-2-23-15-4-3-10(8-20-15)13-9-19-7-11-5-12(24-16(11)13)6-14-17(22)21-18(25)26-14/h3-9H,2H2,1H3,(H,21,22,25)/b14-6+. The van der Waals surface area contributed by atoms with Gasteiger partial charge in [0, 0.05) is 47.2 Å². The van der Waals surface area contributed by atoms with Crippen molar-refractivity contribution in [2.24, 2.45) is 0 Å². The van der Waals surface area contributed by atoms with Crippen molar-refractivity contribution in [1.29, 1.82) is 0 Å². The second-order valence-corrected chi connectivity index (χ2v) is 7.14. The van der Waals surface area contributed by atoms with Gasteiger partial charge in [-0.1, -0.05) is 24.0 Å². The number of aromatic nitrogens is 2. The van der Waals surface area contributed by atoms with E-state index in [1.54, 1.807) is 24.7 Å². The number of amides is 1. The summed E-state index contributed by atoms with van der Waals surface area (Å²) in [5, 5.41) is 3.43. The first-order valence-electron chi connectivity index (χ1n) is 7.85. The van der Waals surface area contributed by atoms with Crippen LogP contribution in [0.1, 0.15) is 12.7 Å². The summed E-state index contributed by atoms with van der Waals surface area (Å²) in [5.74, 6) is 0.923. The van der Waals surface area contributed by atoms with Crippen LogP contribution in [0, 0.1) is 0 Å². The van der Waals surface area contributed by atoms with Crippen LogP contribution >= 0.6 is 24.0 Å². The third-order valence-electron chi connectivity index (χ3n) is 3.70. The van der Waals surface area contributed by atoms with Crippen LogP contribution < -0.4 is 10.1 Å². The highest BCUT2D eigenvalue weighted by Crippen LogP contribution is 2.32. The molecule has 0 aromatic carbocycles. The zero-order chi connectivity index (χ0) is 18.1. The van der Waals surface area contributed by atoms with E-state index in [1.165, 1.54) is 11.8 Å². The maximum absolute atomic E-state index is 11.8. The average molecular weight is 383 g/mol. The molecule has 130 valence electrons. The molecule has 3 aromatic heterocycles. The monoisotopic (exact) mass is 383 g/mol. The number of fused-ring (bicyclic) bond motifs is 1. The number of carbonyl (C=O) groups excluding carboxylic acids is 1. The Morgan fingerprint density at radius 3 is 2.92 bits per heavy atom. The minimum Gasteiger partial charge on any atom is -0.478 e. The van der Waals surface area contributed by atoms with Gasteiger partial charge < -0.3 is 14.5 Å². The molecule has 1 saturated heterocycles. The summed E-state index contributed by atoms with van der Waals surface area (Å²) >= 11 is 6.22. The lowest BCUT2D eigenvalue weighted by Crippen LogP contribution is -2.17. The molecule has 0 unspecified atom stereocenters. The van der Waals surface area contributed by atoms with Gasteiger partial charge in [0.25, 0.3) is 5.91 Å². The van der Waals surface area contributed by atoms with Gasteiger partial charge in [-0.2, -0.15) is 0 Å². The zero-order valence-corrected chi connectivity index (χ0v) is 15.3. The number of rotatable bonds is 4. The van der Waals surface area contributed by atoms with Crippen LogP contribution in [0.4, 0.5) is 0 Å². The van der Waals surface area contributed by atoms with Crippen molar-refractivity contribution in [3.63, 3.8) is 0 Å². The number of hydrogen-bond acceptors (Lipinski definition) is 7. The number of furan rings is 1. The predicted octanol–water partition coefficient (Wildman–Crippen LogP) is 3.78. The lowest BCUT2D eigenvalue weighted by molar-refractivity contribution is -0.115. The Balaban J connectivity index is 1.73. The van der Waals surface area contributed by atoms with Gasteiger partial charge in [0.15, 0.2) is 0 Å². The lowest BCUT2D eigenvalue weighted by atomic mass is 10.1. The van der Waals surface area contributed by atoms with Crippen LogP contribution in [0.5, 0.6) is 5.88 Å². The zero-order valence-electron chi connectivity index (χ0n) is 13.7. The van der Waals surface area contributed by atoms with Gasteiger partial charge >= 0.3 is 0 Å². The van der Waals surface area contributed by atoms with Gasteiger partial charge in [0.1, 0.15) is 15.7 Å². The summed E-state index contributed by atoms with van der Waals surface area (Å²) in [4.78, 5) is 20.9. The van der Waals surface area contributed by atoms with E-state index in [4.69, 9.17) is 21.4 Å². The van der Waals surface area contributed by atoms with E-state index in [0.717, 1.165) is 16.5 Å².